The molecular weight excluding hydrogens is 222 g/mol. The van der Waals surface area contributed by atoms with Crippen LogP contribution in [0.4, 0.5) is 5.82 Å². The Morgan fingerprint density at radius 2 is 2.00 bits per heavy atom. The van der Waals surface area contributed by atoms with Crippen LogP contribution in [0.15, 0.2) is 12.1 Å². The lowest BCUT2D eigenvalue weighted by Crippen LogP contribution is -2.42. The molecule has 0 radical (unpaired) electrons. The lowest BCUT2D eigenvalue weighted by Gasteiger charge is -2.36. The molecule has 0 unspecified atom stereocenters. The summed E-state index contributed by atoms with van der Waals surface area (Å²) < 4.78 is 0. The molecule has 1 aliphatic heterocycles. The molecule has 0 amide bonds. The van der Waals surface area contributed by atoms with Crippen molar-refractivity contribution in [2.75, 3.05) is 18.0 Å². The average molecular weight is 237 g/mol. The van der Waals surface area contributed by atoms with E-state index in [0.29, 0.717) is 31.7 Å². The lowest BCUT2D eigenvalue weighted by atomic mass is 9.94. The topological polar surface area (TPSA) is 86.5 Å². The summed E-state index contributed by atoms with van der Waals surface area (Å²) in [6, 6.07) is 3.09. The van der Waals surface area contributed by atoms with Crippen LogP contribution in [0.2, 0.25) is 0 Å². The minimum Gasteiger partial charge on any atom is -0.476 e. The van der Waals surface area contributed by atoms with Crippen molar-refractivity contribution in [3.63, 3.8) is 0 Å². The highest BCUT2D eigenvalue weighted by Gasteiger charge is 2.28. The Bertz CT molecular complexity index is 406. The van der Waals surface area contributed by atoms with Crippen molar-refractivity contribution in [1.29, 1.82) is 0 Å². The Morgan fingerprint density at radius 3 is 2.47 bits per heavy atom. The molecular formula is C11H15N3O3. The van der Waals surface area contributed by atoms with Gasteiger partial charge in [0.05, 0.1) is 5.60 Å². The molecule has 0 atom stereocenters. The van der Waals surface area contributed by atoms with Gasteiger partial charge in [0, 0.05) is 13.1 Å². The molecule has 1 aromatic heterocycles. The van der Waals surface area contributed by atoms with Crippen LogP contribution in [-0.2, 0) is 0 Å². The fourth-order valence-corrected chi connectivity index (χ4v) is 1.83. The van der Waals surface area contributed by atoms with E-state index in [1.54, 1.807) is 6.07 Å². The van der Waals surface area contributed by atoms with Crippen LogP contribution in [0.3, 0.4) is 0 Å². The Kier molecular flexibility index (Phi) is 2.97. The van der Waals surface area contributed by atoms with E-state index in [0.717, 1.165) is 0 Å². The maximum atomic E-state index is 10.6. The number of aromatic carboxylic acids is 1. The van der Waals surface area contributed by atoms with Gasteiger partial charge in [-0.05, 0) is 31.9 Å². The quantitative estimate of drug-likeness (QED) is 0.780. The summed E-state index contributed by atoms with van der Waals surface area (Å²) in [5.41, 5.74) is -0.664. The summed E-state index contributed by atoms with van der Waals surface area (Å²) in [5.74, 6) is -0.420. The summed E-state index contributed by atoms with van der Waals surface area (Å²) in [4.78, 5) is 12.6. The molecule has 92 valence electrons. The first-order valence-electron chi connectivity index (χ1n) is 5.52. The second-order valence-corrected chi connectivity index (χ2v) is 4.57. The zero-order chi connectivity index (χ0) is 12.5. The Balaban J connectivity index is 2.06. The van der Waals surface area contributed by atoms with Gasteiger partial charge in [0.2, 0.25) is 0 Å². The minimum atomic E-state index is -1.08. The zero-order valence-corrected chi connectivity index (χ0v) is 9.63. The van der Waals surface area contributed by atoms with Crippen LogP contribution in [0, 0.1) is 0 Å². The van der Waals surface area contributed by atoms with Crippen LogP contribution >= 0.6 is 0 Å². The number of carboxylic acid groups (broad SMARTS) is 1. The number of rotatable bonds is 2. The van der Waals surface area contributed by atoms with E-state index in [-0.39, 0.29) is 5.69 Å². The molecule has 1 aromatic rings. The third kappa shape index (κ3) is 2.71. The number of piperidine rings is 1. The van der Waals surface area contributed by atoms with E-state index in [1.165, 1.54) is 6.07 Å². The zero-order valence-electron chi connectivity index (χ0n) is 9.63. The SMILES string of the molecule is CC1(O)CCN(c2ccc(C(=O)O)nn2)CC1. The first-order chi connectivity index (χ1) is 7.98. The molecule has 2 rings (SSSR count). The van der Waals surface area contributed by atoms with E-state index < -0.39 is 11.6 Å². The molecule has 1 aliphatic rings. The smallest absolute Gasteiger partial charge is 0.356 e. The number of hydrogen-bond donors (Lipinski definition) is 2. The summed E-state index contributed by atoms with van der Waals surface area (Å²) in [5, 5.41) is 26.0. The number of hydrogen-bond acceptors (Lipinski definition) is 5. The number of aliphatic hydroxyl groups is 1. The molecule has 17 heavy (non-hydrogen) atoms. The predicted molar refractivity (Wildman–Crippen MR) is 61.1 cm³/mol. The molecule has 6 nitrogen and oxygen atoms in total. The van der Waals surface area contributed by atoms with E-state index in [1.807, 2.05) is 11.8 Å². The van der Waals surface area contributed by atoms with E-state index in [2.05, 4.69) is 10.2 Å². The fraction of sp³-hybridized carbons (Fsp3) is 0.545. The normalized spacial score (nSPS) is 19.1. The molecule has 2 N–H and O–H groups in total. The van der Waals surface area contributed by atoms with Crippen molar-refractivity contribution >= 4 is 11.8 Å². The van der Waals surface area contributed by atoms with Gasteiger partial charge in [0.15, 0.2) is 11.5 Å². The summed E-state index contributed by atoms with van der Waals surface area (Å²) in [6.45, 7) is 3.23. The second kappa shape index (κ2) is 4.29. The molecule has 6 heteroatoms. The fourth-order valence-electron chi connectivity index (χ4n) is 1.83. The highest BCUT2D eigenvalue weighted by molar-refractivity contribution is 5.85. The van der Waals surface area contributed by atoms with Gasteiger partial charge in [-0.3, -0.25) is 0 Å². The standard InChI is InChI=1S/C11H15N3O3/c1-11(17)4-6-14(7-5-11)9-3-2-8(10(15)16)12-13-9/h2-3,17H,4-7H2,1H3,(H,15,16). The maximum absolute atomic E-state index is 10.6. The van der Waals surface area contributed by atoms with Gasteiger partial charge in [0.1, 0.15) is 0 Å². The van der Waals surface area contributed by atoms with E-state index >= 15 is 0 Å². The number of nitrogens with zero attached hydrogens (tertiary/aromatic N) is 3. The molecule has 0 saturated carbocycles. The number of carboxylic acids is 1. The van der Waals surface area contributed by atoms with Crippen LogP contribution in [0.1, 0.15) is 30.3 Å². The first kappa shape index (κ1) is 11.8. The van der Waals surface area contributed by atoms with Crippen molar-refractivity contribution in [3.05, 3.63) is 17.8 Å². The molecule has 0 aromatic carbocycles. The van der Waals surface area contributed by atoms with Crippen molar-refractivity contribution < 1.29 is 15.0 Å². The molecule has 1 saturated heterocycles. The Morgan fingerprint density at radius 1 is 1.35 bits per heavy atom. The third-order valence-electron chi connectivity index (χ3n) is 3.03. The van der Waals surface area contributed by atoms with Crippen LogP contribution in [0.5, 0.6) is 0 Å². The second-order valence-electron chi connectivity index (χ2n) is 4.57. The molecule has 0 spiro atoms. The average Bonchev–Trinajstić information content (AvgIpc) is 2.29. The largest absolute Gasteiger partial charge is 0.476 e. The van der Waals surface area contributed by atoms with Gasteiger partial charge >= 0.3 is 5.97 Å². The molecule has 2 heterocycles. The summed E-state index contributed by atoms with van der Waals surface area (Å²) in [6.07, 6.45) is 1.35. The summed E-state index contributed by atoms with van der Waals surface area (Å²) in [7, 11) is 0. The van der Waals surface area contributed by atoms with E-state index in [4.69, 9.17) is 5.11 Å². The van der Waals surface area contributed by atoms with Gasteiger partial charge in [-0.2, -0.15) is 0 Å². The molecule has 0 aliphatic carbocycles. The maximum Gasteiger partial charge on any atom is 0.356 e. The lowest BCUT2D eigenvalue weighted by molar-refractivity contribution is 0.0350. The van der Waals surface area contributed by atoms with Crippen molar-refractivity contribution in [1.82, 2.24) is 10.2 Å². The van der Waals surface area contributed by atoms with Gasteiger partial charge in [-0.15, -0.1) is 10.2 Å². The Labute approximate surface area is 98.9 Å². The van der Waals surface area contributed by atoms with Gasteiger partial charge < -0.3 is 15.1 Å². The van der Waals surface area contributed by atoms with Gasteiger partial charge in [-0.25, -0.2) is 4.79 Å². The van der Waals surface area contributed by atoms with Crippen LogP contribution in [0.25, 0.3) is 0 Å². The van der Waals surface area contributed by atoms with Crippen molar-refractivity contribution in [3.8, 4) is 0 Å². The first-order valence-corrected chi connectivity index (χ1v) is 5.52. The highest BCUT2D eigenvalue weighted by Crippen LogP contribution is 2.24. The molecule has 1 fully saturated rings. The number of aromatic nitrogens is 2. The van der Waals surface area contributed by atoms with Crippen LogP contribution in [-0.4, -0.2) is 45.1 Å². The number of carbonyl (C=O) groups is 1. The monoisotopic (exact) mass is 237 g/mol. The van der Waals surface area contributed by atoms with Gasteiger partial charge in [0.25, 0.3) is 0 Å². The highest BCUT2D eigenvalue weighted by atomic mass is 16.4. The Hall–Kier alpha value is -1.69. The molecule has 0 bridgehead atoms. The minimum absolute atomic E-state index is 0.0576. The van der Waals surface area contributed by atoms with Crippen molar-refractivity contribution in [2.45, 2.75) is 25.4 Å². The van der Waals surface area contributed by atoms with Crippen molar-refractivity contribution in [2.24, 2.45) is 0 Å². The van der Waals surface area contributed by atoms with E-state index in [9.17, 15) is 9.90 Å². The van der Waals surface area contributed by atoms with Crippen LogP contribution < -0.4 is 4.90 Å². The van der Waals surface area contributed by atoms with Gasteiger partial charge in [-0.1, -0.05) is 0 Å². The third-order valence-corrected chi connectivity index (χ3v) is 3.03. The predicted octanol–water partition coefficient (Wildman–Crippen LogP) is 0.526. The number of anilines is 1. The summed E-state index contributed by atoms with van der Waals surface area (Å²) >= 11 is 0.